The first-order valence-electron chi connectivity index (χ1n) is 6.43. The Labute approximate surface area is 109 Å². The number of hydrogen-bond acceptors (Lipinski definition) is 2. The number of aromatic nitrogens is 2. The molecule has 1 aromatic carbocycles. The third-order valence-electron chi connectivity index (χ3n) is 3.34. The van der Waals surface area contributed by atoms with Crippen molar-refractivity contribution in [1.29, 1.82) is 0 Å². The maximum Gasteiger partial charge on any atom is 0.0675 e. The Hall–Kier alpha value is -1.61. The summed E-state index contributed by atoms with van der Waals surface area (Å²) in [5.41, 5.74) is 6.21. The fourth-order valence-electron chi connectivity index (χ4n) is 2.36. The van der Waals surface area contributed by atoms with Crippen LogP contribution in [0, 0.1) is 6.92 Å². The van der Waals surface area contributed by atoms with Crippen molar-refractivity contribution >= 4 is 0 Å². The fraction of sp³-hybridized carbons (Fsp3) is 0.400. The highest BCUT2D eigenvalue weighted by Gasteiger charge is 2.14. The Balaban J connectivity index is 2.48. The Bertz CT molecular complexity index is 523. The second kappa shape index (κ2) is 5.36. The molecule has 0 saturated carbocycles. The number of benzene rings is 1. The predicted molar refractivity (Wildman–Crippen MR) is 75.5 cm³/mol. The standard InChI is InChI=1S/C15H21N3/c1-5-12-6-8-13(9-7-12)15-11(2)17-18(4)14(15)10-16-3/h6-9,16H,5,10H2,1-4H3. The van der Waals surface area contributed by atoms with Crippen LogP contribution in [0.5, 0.6) is 0 Å². The largest absolute Gasteiger partial charge is 0.314 e. The molecule has 0 radical (unpaired) electrons. The van der Waals surface area contributed by atoms with E-state index in [1.165, 1.54) is 22.4 Å². The lowest BCUT2D eigenvalue weighted by Gasteiger charge is -2.07. The quantitative estimate of drug-likeness (QED) is 0.894. The smallest absolute Gasteiger partial charge is 0.0675 e. The molecule has 96 valence electrons. The highest BCUT2D eigenvalue weighted by molar-refractivity contribution is 5.69. The molecule has 1 N–H and O–H groups in total. The summed E-state index contributed by atoms with van der Waals surface area (Å²) in [7, 11) is 3.97. The van der Waals surface area contributed by atoms with E-state index in [-0.39, 0.29) is 0 Å². The average Bonchev–Trinajstić information content (AvgIpc) is 2.65. The van der Waals surface area contributed by atoms with Crippen molar-refractivity contribution in [3.8, 4) is 11.1 Å². The van der Waals surface area contributed by atoms with Crippen molar-refractivity contribution in [3.63, 3.8) is 0 Å². The summed E-state index contributed by atoms with van der Waals surface area (Å²) in [6.07, 6.45) is 1.08. The SMILES string of the molecule is CCc1ccc(-c2c(C)nn(C)c2CNC)cc1. The summed E-state index contributed by atoms with van der Waals surface area (Å²) in [6, 6.07) is 8.79. The summed E-state index contributed by atoms with van der Waals surface area (Å²) in [5, 5.41) is 7.74. The predicted octanol–water partition coefficient (Wildman–Crippen LogP) is 2.68. The molecule has 0 spiro atoms. The lowest BCUT2D eigenvalue weighted by atomic mass is 10.0. The molecule has 18 heavy (non-hydrogen) atoms. The lowest BCUT2D eigenvalue weighted by molar-refractivity contribution is 0.669. The van der Waals surface area contributed by atoms with Crippen molar-refractivity contribution in [2.24, 2.45) is 7.05 Å². The minimum Gasteiger partial charge on any atom is -0.314 e. The lowest BCUT2D eigenvalue weighted by Crippen LogP contribution is -2.10. The average molecular weight is 243 g/mol. The Kier molecular flexibility index (Phi) is 3.82. The second-order valence-corrected chi connectivity index (χ2v) is 4.61. The van der Waals surface area contributed by atoms with E-state index < -0.39 is 0 Å². The molecule has 0 bridgehead atoms. The summed E-state index contributed by atoms with van der Waals surface area (Å²) >= 11 is 0. The zero-order valence-corrected chi connectivity index (χ0v) is 11.6. The molecule has 3 heteroatoms. The highest BCUT2D eigenvalue weighted by Crippen LogP contribution is 2.27. The molecule has 0 fully saturated rings. The number of nitrogens with one attached hydrogen (secondary N) is 1. The van der Waals surface area contributed by atoms with Gasteiger partial charge in [0.1, 0.15) is 0 Å². The van der Waals surface area contributed by atoms with Crippen LogP contribution < -0.4 is 5.32 Å². The van der Waals surface area contributed by atoms with Crippen LogP contribution in [-0.2, 0) is 20.0 Å². The van der Waals surface area contributed by atoms with Crippen molar-refractivity contribution in [2.45, 2.75) is 26.8 Å². The molecule has 2 rings (SSSR count). The summed E-state index contributed by atoms with van der Waals surface area (Å²) in [4.78, 5) is 0. The molecule has 0 saturated heterocycles. The van der Waals surface area contributed by atoms with Crippen LogP contribution in [0.2, 0.25) is 0 Å². The number of hydrogen-bond donors (Lipinski definition) is 1. The van der Waals surface area contributed by atoms with Crippen LogP contribution in [0.15, 0.2) is 24.3 Å². The summed E-state index contributed by atoms with van der Waals surface area (Å²) in [6.45, 7) is 5.08. The van der Waals surface area contributed by atoms with E-state index in [4.69, 9.17) is 0 Å². The van der Waals surface area contributed by atoms with Gasteiger partial charge in [-0.3, -0.25) is 4.68 Å². The van der Waals surface area contributed by atoms with Crippen LogP contribution in [0.25, 0.3) is 11.1 Å². The van der Waals surface area contributed by atoms with E-state index in [9.17, 15) is 0 Å². The Morgan fingerprint density at radius 2 is 1.89 bits per heavy atom. The summed E-state index contributed by atoms with van der Waals surface area (Å²) in [5.74, 6) is 0. The molecule has 0 atom stereocenters. The minimum atomic E-state index is 0.836. The normalized spacial score (nSPS) is 10.9. The first-order valence-corrected chi connectivity index (χ1v) is 6.43. The van der Waals surface area contributed by atoms with E-state index in [0.717, 1.165) is 18.7 Å². The molecule has 0 aliphatic rings. The van der Waals surface area contributed by atoms with E-state index in [2.05, 4.69) is 48.5 Å². The van der Waals surface area contributed by atoms with Gasteiger partial charge in [-0.2, -0.15) is 5.10 Å². The van der Waals surface area contributed by atoms with Gasteiger partial charge in [0.05, 0.1) is 11.4 Å². The number of aryl methyl sites for hydroxylation is 3. The number of rotatable bonds is 4. The van der Waals surface area contributed by atoms with Crippen molar-refractivity contribution < 1.29 is 0 Å². The van der Waals surface area contributed by atoms with Gasteiger partial charge >= 0.3 is 0 Å². The third-order valence-corrected chi connectivity index (χ3v) is 3.34. The molecule has 1 aromatic heterocycles. The van der Waals surface area contributed by atoms with Crippen LogP contribution in [0.1, 0.15) is 23.9 Å². The summed E-state index contributed by atoms with van der Waals surface area (Å²) < 4.78 is 1.97. The van der Waals surface area contributed by atoms with Crippen molar-refractivity contribution in [3.05, 3.63) is 41.2 Å². The highest BCUT2D eigenvalue weighted by atomic mass is 15.3. The first kappa shape index (κ1) is 12.8. The van der Waals surface area contributed by atoms with Crippen LogP contribution in [0.3, 0.4) is 0 Å². The van der Waals surface area contributed by atoms with Gasteiger partial charge in [-0.05, 0) is 31.5 Å². The molecule has 0 aliphatic heterocycles. The van der Waals surface area contributed by atoms with Gasteiger partial charge in [-0.1, -0.05) is 31.2 Å². The monoisotopic (exact) mass is 243 g/mol. The molecule has 3 nitrogen and oxygen atoms in total. The molecule has 0 aliphatic carbocycles. The van der Waals surface area contributed by atoms with Crippen LogP contribution in [0.4, 0.5) is 0 Å². The molecule has 1 heterocycles. The zero-order chi connectivity index (χ0) is 13.1. The van der Waals surface area contributed by atoms with Crippen LogP contribution >= 0.6 is 0 Å². The van der Waals surface area contributed by atoms with E-state index >= 15 is 0 Å². The van der Waals surface area contributed by atoms with Crippen LogP contribution in [-0.4, -0.2) is 16.8 Å². The zero-order valence-electron chi connectivity index (χ0n) is 11.6. The second-order valence-electron chi connectivity index (χ2n) is 4.61. The topological polar surface area (TPSA) is 29.9 Å². The first-order chi connectivity index (χ1) is 8.67. The maximum atomic E-state index is 4.53. The molecule has 2 aromatic rings. The Morgan fingerprint density at radius 1 is 1.22 bits per heavy atom. The van der Waals surface area contributed by atoms with Gasteiger partial charge < -0.3 is 5.32 Å². The van der Waals surface area contributed by atoms with Gasteiger partial charge in [0.15, 0.2) is 0 Å². The Morgan fingerprint density at radius 3 is 2.44 bits per heavy atom. The molecule has 0 amide bonds. The van der Waals surface area contributed by atoms with Gasteiger partial charge in [-0.15, -0.1) is 0 Å². The third kappa shape index (κ3) is 2.31. The minimum absolute atomic E-state index is 0.836. The van der Waals surface area contributed by atoms with E-state index in [0.29, 0.717) is 0 Å². The van der Waals surface area contributed by atoms with E-state index in [1.807, 2.05) is 18.8 Å². The van der Waals surface area contributed by atoms with Gasteiger partial charge in [0.2, 0.25) is 0 Å². The van der Waals surface area contributed by atoms with E-state index in [1.54, 1.807) is 0 Å². The number of nitrogens with zero attached hydrogens (tertiary/aromatic N) is 2. The molecular formula is C15H21N3. The molecular weight excluding hydrogens is 222 g/mol. The maximum absolute atomic E-state index is 4.53. The fourth-order valence-corrected chi connectivity index (χ4v) is 2.36. The van der Waals surface area contributed by atoms with Crippen molar-refractivity contribution in [1.82, 2.24) is 15.1 Å². The van der Waals surface area contributed by atoms with Gasteiger partial charge in [0.25, 0.3) is 0 Å². The van der Waals surface area contributed by atoms with Gasteiger partial charge in [-0.25, -0.2) is 0 Å². The van der Waals surface area contributed by atoms with Crippen molar-refractivity contribution in [2.75, 3.05) is 7.05 Å². The van der Waals surface area contributed by atoms with Gasteiger partial charge in [0, 0.05) is 19.2 Å². The molecule has 0 unspecified atom stereocenters.